The first-order chi connectivity index (χ1) is 9.69. The molecule has 0 saturated carbocycles. The second kappa shape index (κ2) is 7.01. The van der Waals surface area contributed by atoms with E-state index in [2.05, 4.69) is 31.0 Å². The van der Waals surface area contributed by atoms with Gasteiger partial charge in [0, 0.05) is 22.8 Å². The lowest BCUT2D eigenvalue weighted by atomic mass is 10.2. The summed E-state index contributed by atoms with van der Waals surface area (Å²) < 4.78 is 5.64. The standard InChI is InChI=1S/C17H18ClNO/c1-3-9-20-17-8-7-15(18)11-14(17)12-19-16-6-4-5-13(2)10-16/h3-8,10-11,19H,1,9,12H2,2H3. The van der Waals surface area contributed by atoms with E-state index in [0.717, 1.165) is 17.0 Å². The second-order valence-electron chi connectivity index (χ2n) is 4.57. The average molecular weight is 288 g/mol. The number of ether oxygens (including phenoxy) is 1. The number of aryl methyl sites for hydroxylation is 1. The first-order valence-electron chi connectivity index (χ1n) is 6.51. The van der Waals surface area contributed by atoms with Crippen LogP contribution in [0.15, 0.2) is 55.1 Å². The molecule has 1 N–H and O–H groups in total. The predicted molar refractivity (Wildman–Crippen MR) is 85.6 cm³/mol. The summed E-state index contributed by atoms with van der Waals surface area (Å²) in [5.41, 5.74) is 3.34. The third kappa shape index (κ3) is 4.04. The maximum absolute atomic E-state index is 6.05. The van der Waals surface area contributed by atoms with Crippen LogP contribution in [0, 0.1) is 6.92 Å². The second-order valence-corrected chi connectivity index (χ2v) is 5.01. The Morgan fingerprint density at radius 1 is 1.25 bits per heavy atom. The van der Waals surface area contributed by atoms with Crippen molar-refractivity contribution in [1.82, 2.24) is 0 Å². The summed E-state index contributed by atoms with van der Waals surface area (Å²) in [6, 6.07) is 13.9. The molecule has 0 atom stereocenters. The lowest BCUT2D eigenvalue weighted by molar-refractivity contribution is 0.359. The fourth-order valence-corrected chi connectivity index (χ4v) is 2.12. The van der Waals surface area contributed by atoms with Gasteiger partial charge in [0.05, 0.1) is 0 Å². The third-order valence-electron chi connectivity index (χ3n) is 2.88. The molecule has 104 valence electrons. The van der Waals surface area contributed by atoms with Gasteiger partial charge >= 0.3 is 0 Å². The van der Waals surface area contributed by atoms with Crippen LogP contribution in [0.3, 0.4) is 0 Å². The minimum atomic E-state index is 0.485. The number of benzene rings is 2. The molecule has 2 rings (SSSR count). The Hall–Kier alpha value is -1.93. The Kier molecular flexibility index (Phi) is 5.08. The molecule has 20 heavy (non-hydrogen) atoms. The van der Waals surface area contributed by atoms with Crippen LogP contribution < -0.4 is 10.1 Å². The molecule has 0 heterocycles. The summed E-state index contributed by atoms with van der Waals surface area (Å²) in [6.07, 6.45) is 1.73. The van der Waals surface area contributed by atoms with Crippen molar-refractivity contribution in [2.24, 2.45) is 0 Å². The van der Waals surface area contributed by atoms with Gasteiger partial charge in [0.15, 0.2) is 0 Å². The zero-order valence-electron chi connectivity index (χ0n) is 11.5. The average Bonchev–Trinajstić information content (AvgIpc) is 2.44. The fourth-order valence-electron chi connectivity index (χ4n) is 1.93. The van der Waals surface area contributed by atoms with Crippen LogP contribution in [-0.2, 0) is 6.54 Å². The number of halogens is 1. The van der Waals surface area contributed by atoms with Gasteiger partial charge in [0.25, 0.3) is 0 Å². The number of nitrogens with one attached hydrogen (secondary N) is 1. The molecule has 0 aliphatic heterocycles. The van der Waals surface area contributed by atoms with Crippen LogP contribution in [0.2, 0.25) is 5.02 Å². The van der Waals surface area contributed by atoms with Gasteiger partial charge in [-0.15, -0.1) is 0 Å². The molecule has 0 spiro atoms. The van der Waals surface area contributed by atoms with E-state index in [1.54, 1.807) is 6.08 Å². The van der Waals surface area contributed by atoms with E-state index in [-0.39, 0.29) is 0 Å². The molecule has 0 amide bonds. The summed E-state index contributed by atoms with van der Waals surface area (Å²) in [5.74, 6) is 0.828. The van der Waals surface area contributed by atoms with Crippen LogP contribution in [0.5, 0.6) is 5.75 Å². The van der Waals surface area contributed by atoms with Crippen molar-refractivity contribution in [1.29, 1.82) is 0 Å². The van der Waals surface area contributed by atoms with Gasteiger partial charge in [0.2, 0.25) is 0 Å². The highest BCUT2D eigenvalue weighted by Gasteiger charge is 2.04. The molecule has 0 bridgehead atoms. The molecule has 0 saturated heterocycles. The third-order valence-corrected chi connectivity index (χ3v) is 3.12. The highest BCUT2D eigenvalue weighted by Crippen LogP contribution is 2.24. The SMILES string of the molecule is C=CCOc1ccc(Cl)cc1CNc1cccc(C)c1. The summed E-state index contributed by atoms with van der Waals surface area (Å²) in [6.45, 7) is 6.88. The van der Waals surface area contributed by atoms with Gasteiger partial charge in [-0.1, -0.05) is 36.4 Å². The molecule has 2 nitrogen and oxygen atoms in total. The summed E-state index contributed by atoms with van der Waals surface area (Å²) in [5, 5.41) is 4.09. The minimum absolute atomic E-state index is 0.485. The van der Waals surface area contributed by atoms with E-state index < -0.39 is 0 Å². The van der Waals surface area contributed by atoms with Crippen molar-refractivity contribution in [2.75, 3.05) is 11.9 Å². The first-order valence-corrected chi connectivity index (χ1v) is 6.89. The summed E-state index contributed by atoms with van der Waals surface area (Å²) >= 11 is 6.05. The van der Waals surface area contributed by atoms with E-state index >= 15 is 0 Å². The molecule has 2 aromatic carbocycles. The van der Waals surface area contributed by atoms with Crippen molar-refractivity contribution in [3.8, 4) is 5.75 Å². The van der Waals surface area contributed by atoms with Gasteiger partial charge in [-0.05, 0) is 42.8 Å². The molecular weight excluding hydrogens is 270 g/mol. The van der Waals surface area contributed by atoms with Crippen molar-refractivity contribution in [3.63, 3.8) is 0 Å². The Balaban J connectivity index is 2.11. The van der Waals surface area contributed by atoms with Gasteiger partial charge in [-0.3, -0.25) is 0 Å². The Morgan fingerprint density at radius 3 is 2.85 bits per heavy atom. The van der Waals surface area contributed by atoms with Gasteiger partial charge in [-0.25, -0.2) is 0 Å². The normalized spacial score (nSPS) is 10.1. The first kappa shape index (κ1) is 14.5. The molecule has 0 aliphatic rings. The molecular formula is C17H18ClNO. The molecule has 2 aromatic rings. The minimum Gasteiger partial charge on any atom is -0.489 e. The predicted octanol–water partition coefficient (Wildman–Crippen LogP) is 4.83. The molecule has 0 radical (unpaired) electrons. The molecule has 0 aromatic heterocycles. The highest BCUT2D eigenvalue weighted by atomic mass is 35.5. The molecule has 0 unspecified atom stereocenters. The topological polar surface area (TPSA) is 21.3 Å². The van der Waals surface area contributed by atoms with E-state index in [0.29, 0.717) is 18.2 Å². The molecule has 0 aliphatic carbocycles. The van der Waals surface area contributed by atoms with Crippen molar-refractivity contribution >= 4 is 17.3 Å². The largest absolute Gasteiger partial charge is 0.489 e. The lowest BCUT2D eigenvalue weighted by Gasteiger charge is -2.12. The Labute approximate surface area is 125 Å². The van der Waals surface area contributed by atoms with Crippen molar-refractivity contribution < 1.29 is 4.74 Å². The van der Waals surface area contributed by atoms with E-state index in [9.17, 15) is 0 Å². The van der Waals surface area contributed by atoms with Crippen LogP contribution in [0.25, 0.3) is 0 Å². The van der Waals surface area contributed by atoms with Gasteiger partial charge in [-0.2, -0.15) is 0 Å². The molecule has 0 fully saturated rings. The number of anilines is 1. The lowest BCUT2D eigenvalue weighted by Crippen LogP contribution is -2.03. The molecule has 3 heteroatoms. The maximum Gasteiger partial charge on any atom is 0.124 e. The van der Waals surface area contributed by atoms with Gasteiger partial charge in [0.1, 0.15) is 12.4 Å². The number of hydrogen-bond acceptors (Lipinski definition) is 2. The highest BCUT2D eigenvalue weighted by molar-refractivity contribution is 6.30. The monoisotopic (exact) mass is 287 g/mol. The summed E-state index contributed by atoms with van der Waals surface area (Å²) in [4.78, 5) is 0. The van der Waals surface area contributed by atoms with Crippen LogP contribution >= 0.6 is 11.6 Å². The van der Waals surface area contributed by atoms with E-state index in [4.69, 9.17) is 16.3 Å². The van der Waals surface area contributed by atoms with Gasteiger partial charge < -0.3 is 10.1 Å². The summed E-state index contributed by atoms with van der Waals surface area (Å²) in [7, 11) is 0. The Morgan fingerprint density at radius 2 is 2.10 bits per heavy atom. The Bertz CT molecular complexity index is 595. The smallest absolute Gasteiger partial charge is 0.124 e. The van der Waals surface area contributed by atoms with E-state index in [1.807, 2.05) is 30.3 Å². The maximum atomic E-state index is 6.05. The number of hydrogen-bond donors (Lipinski definition) is 1. The van der Waals surface area contributed by atoms with Crippen LogP contribution in [-0.4, -0.2) is 6.61 Å². The zero-order valence-corrected chi connectivity index (χ0v) is 12.3. The zero-order chi connectivity index (χ0) is 14.4. The quantitative estimate of drug-likeness (QED) is 0.769. The van der Waals surface area contributed by atoms with Crippen LogP contribution in [0.1, 0.15) is 11.1 Å². The van der Waals surface area contributed by atoms with Crippen molar-refractivity contribution in [2.45, 2.75) is 13.5 Å². The van der Waals surface area contributed by atoms with E-state index in [1.165, 1.54) is 5.56 Å². The fraction of sp³-hybridized carbons (Fsp3) is 0.176. The van der Waals surface area contributed by atoms with Crippen LogP contribution in [0.4, 0.5) is 5.69 Å². The number of rotatable bonds is 6. The van der Waals surface area contributed by atoms with Crippen molar-refractivity contribution in [3.05, 3.63) is 71.3 Å².